The number of esters is 4. The minimum atomic E-state index is -4.97. The molecule has 0 aromatic rings. The zero-order valence-electron chi connectivity index (χ0n) is 70.1. The maximum absolute atomic E-state index is 13.1. The molecule has 0 saturated heterocycles. The molecule has 0 aliphatic rings. The van der Waals surface area contributed by atoms with Crippen molar-refractivity contribution in [3.63, 3.8) is 0 Å². The Bertz CT molecular complexity index is 2160. The molecule has 107 heavy (non-hydrogen) atoms. The highest BCUT2D eigenvalue weighted by atomic mass is 31.2. The molecule has 0 rings (SSSR count). The smallest absolute Gasteiger partial charge is 0.462 e. The lowest BCUT2D eigenvalue weighted by molar-refractivity contribution is -0.161. The topological polar surface area (TPSA) is 237 Å². The number of phosphoric acid groups is 2. The zero-order chi connectivity index (χ0) is 78.6. The largest absolute Gasteiger partial charge is 0.472 e. The van der Waals surface area contributed by atoms with Crippen LogP contribution in [0.15, 0.2) is 24.3 Å². The third kappa shape index (κ3) is 80.0. The molecule has 0 aliphatic carbocycles. The fourth-order valence-electron chi connectivity index (χ4n) is 13.2. The summed E-state index contributed by atoms with van der Waals surface area (Å²) in [5, 5.41) is 10.7. The quantitative estimate of drug-likeness (QED) is 0.0169. The van der Waals surface area contributed by atoms with E-state index >= 15 is 0 Å². The number of aliphatic hydroxyl groups excluding tert-OH is 1. The van der Waals surface area contributed by atoms with Crippen molar-refractivity contribution in [3.8, 4) is 0 Å². The Kier molecular flexibility index (Phi) is 75.7. The van der Waals surface area contributed by atoms with Crippen molar-refractivity contribution in [2.75, 3.05) is 39.6 Å². The molecule has 0 saturated carbocycles. The van der Waals surface area contributed by atoms with Gasteiger partial charge in [0.2, 0.25) is 0 Å². The Hall–Kier alpha value is -2.46. The van der Waals surface area contributed by atoms with E-state index in [9.17, 15) is 43.2 Å². The summed E-state index contributed by atoms with van der Waals surface area (Å²) >= 11 is 0. The maximum Gasteiger partial charge on any atom is 0.472 e. The summed E-state index contributed by atoms with van der Waals surface area (Å²) < 4.78 is 68.8. The van der Waals surface area contributed by atoms with Gasteiger partial charge in [-0.3, -0.25) is 37.3 Å². The van der Waals surface area contributed by atoms with Crippen LogP contribution in [-0.2, 0) is 65.4 Å². The molecule has 0 bridgehead atoms. The van der Waals surface area contributed by atoms with Crippen LogP contribution in [0.25, 0.3) is 0 Å². The van der Waals surface area contributed by atoms with Crippen LogP contribution in [0, 0.1) is 17.8 Å². The van der Waals surface area contributed by atoms with Gasteiger partial charge in [0.1, 0.15) is 19.3 Å². The van der Waals surface area contributed by atoms with E-state index in [4.69, 9.17) is 37.0 Å². The first-order valence-electron chi connectivity index (χ1n) is 44.7. The predicted molar refractivity (Wildman–Crippen MR) is 441 cm³/mol. The number of carbonyl (C=O) groups is 4. The maximum atomic E-state index is 13.1. The molecule has 0 heterocycles. The molecule has 6 atom stereocenters. The number of allylic oxidation sites excluding steroid dienone is 4. The number of phosphoric ester groups is 2. The van der Waals surface area contributed by atoms with Gasteiger partial charge in [-0.15, -0.1) is 0 Å². The average Bonchev–Trinajstić information content (AvgIpc) is 0.905. The Morgan fingerprint density at radius 2 is 0.551 bits per heavy atom. The zero-order valence-corrected chi connectivity index (χ0v) is 71.9. The normalized spacial score (nSPS) is 14.2. The van der Waals surface area contributed by atoms with E-state index in [1.165, 1.54) is 225 Å². The highest BCUT2D eigenvalue weighted by Gasteiger charge is 2.30. The molecule has 632 valence electrons. The van der Waals surface area contributed by atoms with Crippen LogP contribution in [-0.4, -0.2) is 96.7 Å². The van der Waals surface area contributed by atoms with E-state index in [2.05, 4.69) is 72.8 Å². The summed E-state index contributed by atoms with van der Waals surface area (Å²) in [7, 11) is -9.94. The van der Waals surface area contributed by atoms with E-state index in [1.807, 2.05) is 0 Å². The fraction of sp³-hybridized carbons (Fsp3) is 0.909. The van der Waals surface area contributed by atoms with Crippen molar-refractivity contribution >= 4 is 39.5 Å². The molecule has 17 nitrogen and oxygen atoms in total. The number of rotatable bonds is 84. The van der Waals surface area contributed by atoms with Gasteiger partial charge < -0.3 is 33.8 Å². The number of carbonyl (C=O) groups excluding carboxylic acids is 4. The van der Waals surface area contributed by atoms with E-state index in [-0.39, 0.29) is 25.7 Å². The lowest BCUT2D eigenvalue weighted by atomic mass is 9.99. The number of ether oxygens (including phenoxy) is 4. The summed E-state index contributed by atoms with van der Waals surface area (Å²) in [4.78, 5) is 73.2. The molecular formula is C88H168O17P2. The van der Waals surface area contributed by atoms with Crippen molar-refractivity contribution < 1.29 is 80.2 Å². The van der Waals surface area contributed by atoms with Crippen molar-refractivity contribution in [2.24, 2.45) is 17.8 Å². The van der Waals surface area contributed by atoms with Gasteiger partial charge in [-0.05, 0) is 69.1 Å². The molecule has 0 radical (unpaired) electrons. The van der Waals surface area contributed by atoms with E-state index < -0.39 is 97.5 Å². The molecule has 0 spiro atoms. The lowest BCUT2D eigenvalue weighted by Gasteiger charge is -2.21. The van der Waals surface area contributed by atoms with Crippen LogP contribution < -0.4 is 0 Å². The second-order valence-corrected chi connectivity index (χ2v) is 35.0. The van der Waals surface area contributed by atoms with E-state index in [0.717, 1.165) is 127 Å². The third-order valence-electron chi connectivity index (χ3n) is 20.4. The van der Waals surface area contributed by atoms with Crippen molar-refractivity contribution in [1.29, 1.82) is 0 Å². The van der Waals surface area contributed by atoms with Crippen LogP contribution in [0.2, 0.25) is 0 Å². The number of aliphatic hydroxyl groups is 1. The van der Waals surface area contributed by atoms with Crippen LogP contribution in [0.4, 0.5) is 0 Å². The van der Waals surface area contributed by atoms with Gasteiger partial charge >= 0.3 is 39.5 Å². The predicted octanol–water partition coefficient (Wildman–Crippen LogP) is 26.4. The molecule has 0 aromatic heterocycles. The van der Waals surface area contributed by atoms with Crippen molar-refractivity contribution in [3.05, 3.63) is 24.3 Å². The molecule has 19 heteroatoms. The summed E-state index contributed by atoms with van der Waals surface area (Å²) in [6, 6.07) is 0. The van der Waals surface area contributed by atoms with Gasteiger partial charge in [0, 0.05) is 25.7 Å². The van der Waals surface area contributed by atoms with E-state index in [1.54, 1.807) is 0 Å². The first kappa shape index (κ1) is 105. The van der Waals surface area contributed by atoms with Gasteiger partial charge in [0.25, 0.3) is 0 Å². The first-order valence-corrected chi connectivity index (χ1v) is 47.7. The Morgan fingerprint density at radius 3 is 0.832 bits per heavy atom. The number of unbranched alkanes of at least 4 members (excludes halogenated alkanes) is 48. The summed E-state index contributed by atoms with van der Waals surface area (Å²) in [6.45, 7) is 11.9. The minimum Gasteiger partial charge on any atom is -0.462 e. The Balaban J connectivity index is 5.20. The second kappa shape index (κ2) is 77.5. The molecule has 0 aliphatic heterocycles. The lowest BCUT2D eigenvalue weighted by Crippen LogP contribution is -2.30. The monoisotopic (exact) mass is 1560 g/mol. The summed E-state index contributed by atoms with van der Waals surface area (Å²) in [5.74, 6) is 0.230. The van der Waals surface area contributed by atoms with Crippen LogP contribution in [0.3, 0.4) is 0 Å². The Morgan fingerprint density at radius 1 is 0.308 bits per heavy atom. The second-order valence-electron chi connectivity index (χ2n) is 32.1. The van der Waals surface area contributed by atoms with Crippen molar-refractivity contribution in [1.82, 2.24) is 0 Å². The standard InChI is InChI=1S/C88H168O17P2/c1-8-10-11-12-13-14-15-16-25-32-37-42-47-55-62-69-85(90)98-75-83(104-87(92)71-64-57-48-43-38-33-28-23-19-17-21-26-30-35-40-45-52-59-66-79(3)4)77-102-106(94,95)100-73-82(89)74-101-107(96,97)103-78-84(76-99-86(91)70-63-56-51-50-53-60-67-80(5)6)105-88(93)72-65-58-49-44-39-34-29-24-20-18-22-27-31-36-41-46-54-61-68-81(7)9-2/h14-16,25,79-84,89H,8-13,17-24,26-78H2,1-7H3,(H,94,95)(H,96,97)/b15-14-,25-16-/t81?,82-,83-,84-/m1/s1. The molecule has 3 N–H and O–H groups in total. The molecule has 0 aromatic carbocycles. The minimum absolute atomic E-state index is 0.101. The van der Waals surface area contributed by atoms with Crippen molar-refractivity contribution in [2.45, 2.75) is 458 Å². The average molecular weight is 1560 g/mol. The highest BCUT2D eigenvalue weighted by molar-refractivity contribution is 7.47. The molecule has 3 unspecified atom stereocenters. The van der Waals surface area contributed by atoms with Gasteiger partial charge in [-0.2, -0.15) is 0 Å². The molecule has 0 amide bonds. The summed E-state index contributed by atoms with van der Waals surface area (Å²) in [6.07, 6.45) is 71.9. The van der Waals surface area contributed by atoms with Gasteiger partial charge in [-0.1, -0.05) is 387 Å². The number of hydrogen-bond acceptors (Lipinski definition) is 15. The SMILES string of the molecule is CCCCCC/C=C\C=C/CCCCCCCC(=O)OC[C@H](COP(=O)(O)OC[C@@H](O)COP(=O)(O)OC[C@@H](COC(=O)CCCCCCCCC(C)C)OC(=O)CCCCCCCCCCCCCCCCCCCCC(C)CC)OC(=O)CCCCCCCCCCCCCCCCCCCCC(C)C. The fourth-order valence-corrected chi connectivity index (χ4v) is 14.7. The van der Waals surface area contributed by atoms with Gasteiger partial charge in [0.15, 0.2) is 12.2 Å². The molecule has 0 fully saturated rings. The van der Waals surface area contributed by atoms with Crippen LogP contribution >= 0.6 is 15.6 Å². The number of hydrogen-bond donors (Lipinski definition) is 3. The first-order chi connectivity index (χ1) is 51.8. The van der Waals surface area contributed by atoms with Crippen LogP contribution in [0.1, 0.15) is 440 Å². The Labute approximate surface area is 656 Å². The molecular weight excluding hydrogens is 1390 g/mol. The third-order valence-corrected chi connectivity index (χ3v) is 22.3. The van der Waals surface area contributed by atoms with Crippen LogP contribution in [0.5, 0.6) is 0 Å². The van der Waals surface area contributed by atoms with Gasteiger partial charge in [0.05, 0.1) is 26.4 Å². The highest BCUT2D eigenvalue weighted by Crippen LogP contribution is 2.45. The van der Waals surface area contributed by atoms with Gasteiger partial charge in [-0.25, -0.2) is 9.13 Å². The van der Waals surface area contributed by atoms with E-state index in [0.29, 0.717) is 31.6 Å². The summed E-state index contributed by atoms with van der Waals surface area (Å²) in [5.41, 5.74) is 0.